The van der Waals surface area contributed by atoms with E-state index in [1.54, 1.807) is 0 Å². The average molecular weight is 122 g/mol. The number of halogens is 1. The first-order valence-corrected chi connectivity index (χ1v) is 2.63. The Kier molecular flexibility index (Phi) is 1.54. The highest BCUT2D eigenvalue weighted by atomic mass is 32.1. The van der Waals surface area contributed by atoms with Gasteiger partial charge in [-0.05, 0) is 12.9 Å². The first-order valence-electron chi connectivity index (χ1n) is 2.27. The Morgan fingerprint density at radius 2 is 2.14 bits per heavy atom. The van der Waals surface area contributed by atoms with Crippen LogP contribution in [0.1, 0.15) is 12.8 Å². The third-order valence-corrected chi connectivity index (χ3v) is 1.48. The number of hydrogen-bond acceptors (Lipinski definition) is 2. The predicted molar refractivity (Wildman–Crippen MR) is 28.0 cm³/mol. The Labute approximate surface area is 47.5 Å². The summed E-state index contributed by atoms with van der Waals surface area (Å²) in [5.74, 6) is 0. The van der Waals surface area contributed by atoms with Crippen molar-refractivity contribution in [3.63, 3.8) is 0 Å². The van der Waals surface area contributed by atoms with Crippen LogP contribution in [0, 0.1) is 0 Å². The number of alkyl halides is 1. The standard InChI is InChI=1S/C4H7FOS/c5-3-1-4(2-3)6-7/h3-4,7H,1-2H2. The van der Waals surface area contributed by atoms with Crippen molar-refractivity contribution in [2.45, 2.75) is 25.1 Å². The van der Waals surface area contributed by atoms with E-state index in [1.165, 1.54) is 0 Å². The van der Waals surface area contributed by atoms with E-state index in [9.17, 15) is 4.39 Å². The van der Waals surface area contributed by atoms with Crippen molar-refractivity contribution in [1.29, 1.82) is 0 Å². The second-order valence-corrected chi connectivity index (χ2v) is 2.01. The fourth-order valence-corrected chi connectivity index (χ4v) is 0.760. The highest BCUT2D eigenvalue weighted by Gasteiger charge is 2.28. The van der Waals surface area contributed by atoms with E-state index in [2.05, 4.69) is 17.1 Å². The van der Waals surface area contributed by atoms with E-state index in [0.717, 1.165) is 0 Å². The van der Waals surface area contributed by atoms with Crippen molar-refractivity contribution in [3.8, 4) is 0 Å². The minimum Gasteiger partial charge on any atom is -0.315 e. The maximum Gasteiger partial charge on any atom is 0.105 e. The molecular weight excluding hydrogens is 115 g/mol. The van der Waals surface area contributed by atoms with Gasteiger partial charge in [0.15, 0.2) is 0 Å². The molecule has 0 saturated heterocycles. The lowest BCUT2D eigenvalue weighted by Crippen LogP contribution is -2.30. The molecule has 0 N–H and O–H groups in total. The minimum atomic E-state index is -0.628. The molecule has 1 nitrogen and oxygen atoms in total. The molecule has 1 rings (SSSR count). The van der Waals surface area contributed by atoms with Gasteiger partial charge in [-0.1, -0.05) is 0 Å². The first kappa shape index (κ1) is 5.38. The summed E-state index contributed by atoms with van der Waals surface area (Å²) in [6.07, 6.45) is 0.517. The van der Waals surface area contributed by atoms with Gasteiger partial charge in [0.25, 0.3) is 0 Å². The summed E-state index contributed by atoms with van der Waals surface area (Å²) in [5, 5.41) is 0. The number of thiol groups is 1. The Morgan fingerprint density at radius 1 is 1.57 bits per heavy atom. The van der Waals surface area contributed by atoms with Crippen molar-refractivity contribution in [2.75, 3.05) is 0 Å². The lowest BCUT2D eigenvalue weighted by Gasteiger charge is -2.26. The van der Waals surface area contributed by atoms with Crippen LogP contribution in [0.15, 0.2) is 0 Å². The van der Waals surface area contributed by atoms with Gasteiger partial charge in [0.05, 0.1) is 6.10 Å². The normalized spacial score (nSPS) is 40.3. The summed E-state index contributed by atoms with van der Waals surface area (Å²) in [4.78, 5) is 0. The molecule has 0 spiro atoms. The van der Waals surface area contributed by atoms with Gasteiger partial charge in [-0.2, -0.15) is 0 Å². The molecule has 0 unspecified atom stereocenters. The van der Waals surface area contributed by atoms with Crippen molar-refractivity contribution in [2.24, 2.45) is 0 Å². The third-order valence-electron chi connectivity index (χ3n) is 1.19. The van der Waals surface area contributed by atoms with E-state index in [4.69, 9.17) is 0 Å². The molecule has 1 aliphatic rings. The van der Waals surface area contributed by atoms with Gasteiger partial charge >= 0.3 is 0 Å². The molecule has 0 aromatic rings. The van der Waals surface area contributed by atoms with Crippen LogP contribution in [0.5, 0.6) is 0 Å². The van der Waals surface area contributed by atoms with E-state index < -0.39 is 6.17 Å². The molecule has 1 aliphatic carbocycles. The molecule has 0 atom stereocenters. The zero-order valence-corrected chi connectivity index (χ0v) is 4.70. The third kappa shape index (κ3) is 1.07. The summed E-state index contributed by atoms with van der Waals surface area (Å²) in [6, 6.07) is 0. The largest absolute Gasteiger partial charge is 0.315 e. The van der Waals surface area contributed by atoms with Crippen molar-refractivity contribution in [3.05, 3.63) is 0 Å². The molecule has 1 fully saturated rings. The zero-order chi connectivity index (χ0) is 5.28. The maximum absolute atomic E-state index is 11.8. The molecule has 42 valence electrons. The van der Waals surface area contributed by atoms with Gasteiger partial charge in [-0.15, -0.1) is 0 Å². The van der Waals surface area contributed by atoms with E-state index in [-0.39, 0.29) is 6.10 Å². The van der Waals surface area contributed by atoms with Crippen LogP contribution in [-0.2, 0) is 4.18 Å². The summed E-state index contributed by atoms with van der Waals surface area (Å²) in [7, 11) is 0. The SMILES string of the molecule is FC1CC(OS)C1. The quantitative estimate of drug-likeness (QED) is 0.408. The van der Waals surface area contributed by atoms with E-state index in [0.29, 0.717) is 12.8 Å². The monoisotopic (exact) mass is 122 g/mol. The highest BCUT2D eigenvalue weighted by molar-refractivity contribution is 7.75. The zero-order valence-electron chi connectivity index (χ0n) is 3.80. The van der Waals surface area contributed by atoms with Crippen LogP contribution >= 0.6 is 12.9 Å². The molecule has 0 aromatic heterocycles. The average Bonchev–Trinajstić information content (AvgIpc) is 1.58. The Bertz CT molecular complexity index is 62.7. The number of rotatable bonds is 1. The van der Waals surface area contributed by atoms with Crippen molar-refractivity contribution in [1.82, 2.24) is 0 Å². The van der Waals surface area contributed by atoms with Crippen LogP contribution in [0.2, 0.25) is 0 Å². The molecule has 0 amide bonds. The first-order chi connectivity index (χ1) is 3.33. The fraction of sp³-hybridized carbons (Fsp3) is 1.00. The van der Waals surface area contributed by atoms with E-state index >= 15 is 0 Å². The maximum atomic E-state index is 11.8. The molecule has 0 aromatic carbocycles. The lowest BCUT2D eigenvalue weighted by atomic mass is 9.94. The van der Waals surface area contributed by atoms with Crippen molar-refractivity contribution >= 4 is 12.9 Å². The molecule has 0 bridgehead atoms. The van der Waals surface area contributed by atoms with Crippen LogP contribution in [0.25, 0.3) is 0 Å². The van der Waals surface area contributed by atoms with Crippen LogP contribution in [-0.4, -0.2) is 12.3 Å². The second kappa shape index (κ2) is 2.01. The second-order valence-electron chi connectivity index (χ2n) is 1.80. The Morgan fingerprint density at radius 3 is 2.29 bits per heavy atom. The fourth-order valence-electron chi connectivity index (χ4n) is 0.588. The van der Waals surface area contributed by atoms with Gasteiger partial charge in [0.2, 0.25) is 0 Å². The molecule has 0 radical (unpaired) electrons. The lowest BCUT2D eigenvalue weighted by molar-refractivity contribution is 0.0585. The summed E-state index contributed by atoms with van der Waals surface area (Å²) in [6.45, 7) is 0. The summed E-state index contributed by atoms with van der Waals surface area (Å²) in [5.41, 5.74) is 0. The molecular formula is C4H7FOS. The molecule has 0 aliphatic heterocycles. The van der Waals surface area contributed by atoms with Crippen LogP contribution < -0.4 is 0 Å². The van der Waals surface area contributed by atoms with Gasteiger partial charge in [0.1, 0.15) is 6.17 Å². The molecule has 7 heavy (non-hydrogen) atoms. The smallest absolute Gasteiger partial charge is 0.105 e. The summed E-state index contributed by atoms with van der Waals surface area (Å²) >= 11 is 3.52. The van der Waals surface area contributed by atoms with Crippen LogP contribution in [0.4, 0.5) is 4.39 Å². The molecule has 0 heterocycles. The summed E-state index contributed by atoms with van der Waals surface area (Å²) < 4.78 is 16.4. The van der Waals surface area contributed by atoms with Gasteiger partial charge in [-0.3, -0.25) is 0 Å². The Hall–Kier alpha value is 0.240. The van der Waals surface area contributed by atoms with Gasteiger partial charge < -0.3 is 4.18 Å². The van der Waals surface area contributed by atoms with E-state index in [1.807, 2.05) is 0 Å². The van der Waals surface area contributed by atoms with Crippen molar-refractivity contribution < 1.29 is 8.57 Å². The molecule has 3 heteroatoms. The topological polar surface area (TPSA) is 9.23 Å². The minimum absolute atomic E-state index is 0.0818. The van der Waals surface area contributed by atoms with Crippen LogP contribution in [0.3, 0.4) is 0 Å². The predicted octanol–water partition coefficient (Wildman–Crippen LogP) is 1.35. The van der Waals surface area contributed by atoms with Gasteiger partial charge in [-0.25, -0.2) is 4.39 Å². The highest BCUT2D eigenvalue weighted by Crippen LogP contribution is 2.26. The molecule has 1 saturated carbocycles. The van der Waals surface area contributed by atoms with Gasteiger partial charge in [0, 0.05) is 12.8 Å². The number of hydrogen-bond donors (Lipinski definition) is 1. The Balaban J connectivity index is 2.06.